The number of alkyl halides is 2. The molecule has 2 N–H and O–H groups in total. The highest BCUT2D eigenvalue weighted by molar-refractivity contribution is 7.47. The van der Waals surface area contributed by atoms with Crippen LogP contribution in [0.1, 0.15) is 0 Å². The third-order valence-electron chi connectivity index (χ3n) is 4.51. The van der Waals surface area contributed by atoms with E-state index in [9.17, 15) is 27.7 Å². The highest BCUT2D eigenvalue weighted by Gasteiger charge is 2.50. The van der Waals surface area contributed by atoms with E-state index in [0.717, 1.165) is 7.11 Å². The van der Waals surface area contributed by atoms with Crippen molar-refractivity contribution in [2.24, 2.45) is 0 Å². The molecule has 0 aromatic heterocycles. The van der Waals surface area contributed by atoms with Gasteiger partial charge >= 0.3 is 15.6 Å². The topological polar surface area (TPSA) is 139 Å². The van der Waals surface area contributed by atoms with Crippen LogP contribution in [0.25, 0.3) is 0 Å². The van der Waals surface area contributed by atoms with Crippen molar-refractivity contribution < 1.29 is 60.0 Å². The van der Waals surface area contributed by atoms with Gasteiger partial charge in [0, 0.05) is 14.2 Å². The Labute approximate surface area is 168 Å². The first-order chi connectivity index (χ1) is 13.4. The molecule has 11 nitrogen and oxygen atoms in total. The molecule has 10 atom stereocenters. The smallest absolute Gasteiger partial charge is 0.382 e. The van der Waals surface area contributed by atoms with E-state index in [2.05, 4.69) is 4.52 Å². The lowest BCUT2D eigenvalue weighted by Gasteiger charge is -2.24. The molecule has 17 heteroatoms. The summed E-state index contributed by atoms with van der Waals surface area (Å²) in [7, 11) is -4.40. The molecular weight excluding hydrogens is 442 g/mol. The van der Waals surface area contributed by atoms with Crippen molar-refractivity contribution in [3.63, 3.8) is 0 Å². The lowest BCUT2D eigenvalue weighted by atomic mass is 9.94. The Morgan fingerprint density at radius 3 is 1.79 bits per heavy atom. The molecule has 2 saturated heterocycles. The van der Waals surface area contributed by atoms with Gasteiger partial charge in [0.05, 0.1) is 25.2 Å². The van der Waals surface area contributed by atoms with Gasteiger partial charge in [-0.1, -0.05) is 0 Å². The molecule has 168 valence electrons. The van der Waals surface area contributed by atoms with E-state index in [1.165, 1.54) is 22.8 Å². The van der Waals surface area contributed by atoms with Crippen LogP contribution in [-0.2, 0) is 41.4 Å². The SMILES string of the molecule is B[C@@H]1O[C@H](COP(=O)(O)O[C@@H]2C(F)[C@H](B)O[C@@H]2COC)[C@H](OP(=O)(O)OC)C1F. The van der Waals surface area contributed by atoms with Crippen LogP contribution in [0.3, 0.4) is 0 Å². The van der Waals surface area contributed by atoms with Crippen molar-refractivity contribution in [1.82, 2.24) is 0 Å². The number of phosphoric ester groups is 2. The third kappa shape index (κ3) is 6.54. The summed E-state index contributed by atoms with van der Waals surface area (Å²) >= 11 is 0. The Morgan fingerprint density at radius 1 is 0.897 bits per heavy atom. The molecule has 2 fully saturated rings. The highest BCUT2D eigenvalue weighted by atomic mass is 31.2. The molecule has 2 rings (SSSR count). The molecule has 0 bridgehead atoms. The number of rotatable bonds is 10. The van der Waals surface area contributed by atoms with E-state index in [1.54, 1.807) is 0 Å². The Kier molecular flexibility index (Phi) is 8.86. The Balaban J connectivity index is 2.00. The second-order valence-electron chi connectivity index (χ2n) is 6.66. The first-order valence-electron chi connectivity index (χ1n) is 8.71. The maximum absolute atomic E-state index is 14.3. The maximum Gasteiger partial charge on any atom is 0.472 e. The highest BCUT2D eigenvalue weighted by Crippen LogP contribution is 2.50. The number of phosphoric acid groups is 2. The number of ether oxygens (including phenoxy) is 3. The van der Waals surface area contributed by atoms with Crippen LogP contribution in [0, 0.1) is 0 Å². The van der Waals surface area contributed by atoms with Crippen LogP contribution < -0.4 is 0 Å². The molecule has 0 aromatic rings. The summed E-state index contributed by atoms with van der Waals surface area (Å²) in [5, 5.41) is 0. The van der Waals surface area contributed by atoms with Crippen LogP contribution in [0.2, 0.25) is 0 Å². The van der Waals surface area contributed by atoms with E-state index in [-0.39, 0.29) is 6.61 Å². The summed E-state index contributed by atoms with van der Waals surface area (Å²) in [5.41, 5.74) is 0. The second-order valence-corrected chi connectivity index (χ2v) is 9.58. The molecule has 2 aliphatic rings. The van der Waals surface area contributed by atoms with Crippen molar-refractivity contribution in [3.05, 3.63) is 0 Å². The van der Waals surface area contributed by atoms with Crippen LogP contribution >= 0.6 is 15.6 Å². The fourth-order valence-electron chi connectivity index (χ4n) is 3.03. The van der Waals surface area contributed by atoms with E-state index >= 15 is 0 Å². The molecule has 0 aliphatic carbocycles. The van der Waals surface area contributed by atoms with Crippen molar-refractivity contribution in [2.75, 3.05) is 27.4 Å². The predicted octanol–water partition coefficient (Wildman–Crippen LogP) is -1.34. The molecule has 0 radical (unpaired) electrons. The average molecular weight is 466 g/mol. The number of halogens is 2. The van der Waals surface area contributed by atoms with Gasteiger partial charge in [-0.2, -0.15) is 0 Å². The van der Waals surface area contributed by atoms with Gasteiger partial charge in [-0.15, -0.1) is 0 Å². The molecule has 0 aromatic carbocycles. The molecule has 4 unspecified atom stereocenters. The number of methoxy groups -OCH3 is 1. The molecule has 0 amide bonds. The number of hydrogen-bond acceptors (Lipinski definition) is 9. The van der Waals surface area contributed by atoms with Gasteiger partial charge < -0.3 is 24.0 Å². The molecule has 2 heterocycles. The minimum absolute atomic E-state index is 0.0824. The number of hydrogen-bond donors (Lipinski definition) is 2. The summed E-state index contributed by atoms with van der Waals surface area (Å²) in [4.78, 5) is 19.4. The third-order valence-corrected chi connectivity index (χ3v) is 6.47. The largest absolute Gasteiger partial charge is 0.472 e. The average Bonchev–Trinajstić information content (AvgIpc) is 3.05. The van der Waals surface area contributed by atoms with E-state index in [1.807, 2.05) is 0 Å². The van der Waals surface area contributed by atoms with Gasteiger partial charge in [-0.05, 0) is 0 Å². The predicted molar refractivity (Wildman–Crippen MR) is 98.4 cm³/mol. The van der Waals surface area contributed by atoms with Gasteiger partial charge in [0.15, 0.2) is 0 Å². The minimum atomic E-state index is -4.84. The van der Waals surface area contributed by atoms with Crippen LogP contribution in [-0.4, -0.2) is 102 Å². The van der Waals surface area contributed by atoms with Crippen LogP contribution in [0.5, 0.6) is 0 Å². The Morgan fingerprint density at radius 2 is 1.34 bits per heavy atom. The standard InChI is InChI=1S/C12H24B2F2O11P2/c1-21-3-5-9(7(15)11(13)24-5)27-29(19,20)23-4-6-10(8(16)12(14)25-6)26-28(17,18)22-2/h5-12H,3-4,13-14H2,1-2H3,(H,17,18)(H,19,20)/t5-,6-,7?,8?,9+,10+,11-,12-/m1/s1. The van der Waals surface area contributed by atoms with Gasteiger partial charge in [-0.3, -0.25) is 18.1 Å². The van der Waals surface area contributed by atoms with Crippen molar-refractivity contribution in [3.8, 4) is 0 Å². The van der Waals surface area contributed by atoms with Crippen molar-refractivity contribution in [2.45, 2.75) is 48.8 Å². The fourth-order valence-corrected chi connectivity index (χ4v) is 4.64. The summed E-state index contributed by atoms with van der Waals surface area (Å²) in [6.07, 6.45) is -8.85. The summed E-state index contributed by atoms with van der Waals surface area (Å²) in [6.45, 7) is -0.817. The normalized spacial score (nSPS) is 41.9. The van der Waals surface area contributed by atoms with Crippen LogP contribution in [0.4, 0.5) is 8.78 Å². The zero-order valence-corrected chi connectivity index (χ0v) is 18.0. The van der Waals surface area contributed by atoms with Gasteiger partial charge in [0.25, 0.3) is 0 Å². The lowest BCUT2D eigenvalue weighted by Crippen LogP contribution is -2.36. The van der Waals surface area contributed by atoms with E-state index in [4.69, 9.17) is 27.8 Å². The van der Waals surface area contributed by atoms with Crippen molar-refractivity contribution >= 4 is 31.3 Å². The maximum atomic E-state index is 14.3. The van der Waals surface area contributed by atoms with Gasteiger partial charge in [0.1, 0.15) is 52.5 Å². The molecule has 0 spiro atoms. The molecular formula is C12H24B2F2O11P2. The molecule has 29 heavy (non-hydrogen) atoms. The summed E-state index contributed by atoms with van der Waals surface area (Å²) < 4.78 is 86.4. The van der Waals surface area contributed by atoms with Gasteiger partial charge in [0.2, 0.25) is 0 Å². The second kappa shape index (κ2) is 10.1. The minimum Gasteiger partial charge on any atom is -0.382 e. The summed E-state index contributed by atoms with van der Waals surface area (Å²) in [6, 6.07) is -1.94. The van der Waals surface area contributed by atoms with E-state index in [0.29, 0.717) is 0 Å². The fraction of sp³-hybridized carbons (Fsp3) is 1.00. The zero-order valence-electron chi connectivity index (χ0n) is 16.3. The quantitative estimate of drug-likeness (QED) is 0.292. The summed E-state index contributed by atoms with van der Waals surface area (Å²) in [5.74, 6) is 0. The monoisotopic (exact) mass is 466 g/mol. The van der Waals surface area contributed by atoms with Gasteiger partial charge in [-0.25, -0.2) is 17.9 Å². The molecule has 2 aliphatic heterocycles. The first kappa shape index (κ1) is 25.4. The van der Waals surface area contributed by atoms with E-state index < -0.39 is 71.0 Å². The van der Waals surface area contributed by atoms with Crippen LogP contribution in [0.15, 0.2) is 0 Å². The Hall–Kier alpha value is 0.0899. The van der Waals surface area contributed by atoms with Crippen molar-refractivity contribution in [1.29, 1.82) is 0 Å². The Bertz CT molecular complexity index is 649. The molecule has 0 saturated carbocycles. The lowest BCUT2D eigenvalue weighted by molar-refractivity contribution is -0.0337. The zero-order chi connectivity index (χ0) is 22.0. The first-order valence-corrected chi connectivity index (χ1v) is 11.7.